The fraction of sp³-hybridized carbons (Fsp3) is 0.375. The highest BCUT2D eigenvalue weighted by molar-refractivity contribution is 7.98. The minimum atomic E-state index is -0.933. The Morgan fingerprint density at radius 3 is 2.83 bits per heavy atom. The van der Waals surface area contributed by atoms with Gasteiger partial charge in [-0.3, -0.25) is 9.59 Å². The number of nitrogens with zero attached hydrogens (tertiary/aromatic N) is 3. The first-order valence-electron chi connectivity index (χ1n) is 7.36. The molecule has 128 valence electrons. The van der Waals surface area contributed by atoms with Gasteiger partial charge in [0.1, 0.15) is 10.8 Å². The maximum atomic E-state index is 12.6. The minimum Gasteiger partial charge on any atom is -0.481 e. The van der Waals surface area contributed by atoms with E-state index in [-0.39, 0.29) is 12.5 Å². The zero-order chi connectivity index (χ0) is 17.7. The van der Waals surface area contributed by atoms with Gasteiger partial charge in [0.15, 0.2) is 0 Å². The van der Waals surface area contributed by atoms with Gasteiger partial charge in [0.2, 0.25) is 0 Å². The number of thioether (sulfide) groups is 1. The van der Waals surface area contributed by atoms with Crippen molar-refractivity contribution in [1.82, 2.24) is 15.0 Å². The average Bonchev–Trinajstić information content (AvgIpc) is 2.97. The van der Waals surface area contributed by atoms with Crippen molar-refractivity contribution in [2.24, 2.45) is 5.92 Å². The van der Waals surface area contributed by atoms with Crippen LogP contribution >= 0.6 is 11.8 Å². The standard InChI is InChI=1S/C16H19N3O4S/c1-10(16(21)22)8-19(3)15(20)13-5-4-6-17-14(13)24-9-12-7-11(2)23-18-12/h4-7,10H,8-9H2,1-3H3,(H,21,22). The number of carboxylic acid groups (broad SMARTS) is 1. The molecule has 2 aromatic heterocycles. The van der Waals surface area contributed by atoms with Crippen molar-refractivity contribution in [2.45, 2.75) is 24.6 Å². The van der Waals surface area contributed by atoms with Crippen LogP contribution in [0.4, 0.5) is 0 Å². The smallest absolute Gasteiger partial charge is 0.308 e. The van der Waals surface area contributed by atoms with Gasteiger partial charge in [-0.05, 0) is 19.1 Å². The number of aryl methyl sites for hydroxylation is 1. The zero-order valence-corrected chi connectivity index (χ0v) is 14.5. The predicted molar refractivity (Wildman–Crippen MR) is 88.8 cm³/mol. The van der Waals surface area contributed by atoms with Crippen molar-refractivity contribution in [1.29, 1.82) is 0 Å². The predicted octanol–water partition coefficient (Wildman–Crippen LogP) is 2.46. The van der Waals surface area contributed by atoms with E-state index in [0.29, 0.717) is 16.3 Å². The highest BCUT2D eigenvalue weighted by Gasteiger charge is 2.21. The molecule has 1 amide bonds. The van der Waals surface area contributed by atoms with E-state index in [4.69, 9.17) is 9.63 Å². The molecular weight excluding hydrogens is 330 g/mol. The van der Waals surface area contributed by atoms with Gasteiger partial charge in [0, 0.05) is 31.6 Å². The van der Waals surface area contributed by atoms with E-state index in [1.807, 2.05) is 13.0 Å². The summed E-state index contributed by atoms with van der Waals surface area (Å²) in [5.74, 6) is -0.564. The maximum absolute atomic E-state index is 12.6. The van der Waals surface area contributed by atoms with Gasteiger partial charge in [-0.1, -0.05) is 23.8 Å². The van der Waals surface area contributed by atoms with Crippen LogP contribution in [0.3, 0.4) is 0 Å². The molecule has 2 heterocycles. The summed E-state index contributed by atoms with van der Waals surface area (Å²) in [6.45, 7) is 3.52. The Balaban J connectivity index is 2.09. The lowest BCUT2D eigenvalue weighted by Gasteiger charge is -2.20. The van der Waals surface area contributed by atoms with Crippen LogP contribution in [0.15, 0.2) is 33.9 Å². The Kier molecular flexibility index (Phi) is 5.97. The molecule has 0 aliphatic carbocycles. The molecule has 0 spiro atoms. The van der Waals surface area contributed by atoms with E-state index in [9.17, 15) is 9.59 Å². The molecule has 0 fully saturated rings. The molecule has 8 heteroatoms. The van der Waals surface area contributed by atoms with E-state index >= 15 is 0 Å². The number of carboxylic acids is 1. The molecule has 0 radical (unpaired) electrons. The Bertz CT molecular complexity index is 732. The number of pyridine rings is 1. The van der Waals surface area contributed by atoms with E-state index in [0.717, 1.165) is 11.5 Å². The summed E-state index contributed by atoms with van der Waals surface area (Å²) in [5.41, 5.74) is 1.22. The minimum absolute atomic E-state index is 0.135. The van der Waals surface area contributed by atoms with Crippen molar-refractivity contribution in [3.8, 4) is 0 Å². The number of carbonyl (C=O) groups is 2. The third kappa shape index (κ3) is 4.58. The highest BCUT2D eigenvalue weighted by Crippen LogP contribution is 2.25. The van der Waals surface area contributed by atoms with Crippen LogP contribution in [-0.2, 0) is 10.5 Å². The number of carbonyl (C=O) groups excluding carboxylic acids is 1. The monoisotopic (exact) mass is 349 g/mol. The molecule has 0 bridgehead atoms. The molecule has 0 saturated heterocycles. The first-order chi connectivity index (χ1) is 11.4. The van der Waals surface area contributed by atoms with Crippen molar-refractivity contribution >= 4 is 23.6 Å². The van der Waals surface area contributed by atoms with Crippen LogP contribution < -0.4 is 0 Å². The fourth-order valence-corrected chi connectivity index (χ4v) is 2.94. The van der Waals surface area contributed by atoms with Crippen molar-refractivity contribution in [3.05, 3.63) is 41.4 Å². The molecule has 2 rings (SSSR count). The lowest BCUT2D eigenvalue weighted by molar-refractivity contribution is -0.141. The number of aliphatic carboxylic acids is 1. The average molecular weight is 349 g/mol. The summed E-state index contributed by atoms with van der Waals surface area (Å²) in [7, 11) is 1.59. The third-order valence-electron chi connectivity index (χ3n) is 3.35. The first-order valence-corrected chi connectivity index (χ1v) is 8.35. The number of aromatic nitrogens is 2. The van der Waals surface area contributed by atoms with Crippen LogP contribution in [-0.4, -0.2) is 45.6 Å². The van der Waals surface area contributed by atoms with Crippen LogP contribution in [0, 0.1) is 12.8 Å². The Morgan fingerprint density at radius 2 is 2.21 bits per heavy atom. The molecule has 1 unspecified atom stereocenters. The van der Waals surface area contributed by atoms with Gasteiger partial charge < -0.3 is 14.5 Å². The SMILES string of the molecule is Cc1cc(CSc2ncccc2C(=O)N(C)CC(C)C(=O)O)no1. The van der Waals surface area contributed by atoms with Gasteiger partial charge in [0.05, 0.1) is 17.2 Å². The molecule has 7 nitrogen and oxygen atoms in total. The van der Waals surface area contributed by atoms with Gasteiger partial charge in [-0.15, -0.1) is 0 Å². The molecule has 0 aliphatic heterocycles. The molecule has 1 N–H and O–H groups in total. The lowest BCUT2D eigenvalue weighted by atomic mass is 10.1. The normalized spacial score (nSPS) is 12.0. The second kappa shape index (κ2) is 7.96. The maximum Gasteiger partial charge on any atom is 0.308 e. The van der Waals surface area contributed by atoms with Crippen molar-refractivity contribution in [3.63, 3.8) is 0 Å². The van der Waals surface area contributed by atoms with E-state index in [1.165, 1.54) is 16.7 Å². The van der Waals surface area contributed by atoms with Gasteiger partial charge in [0.25, 0.3) is 5.91 Å². The van der Waals surface area contributed by atoms with Crippen LogP contribution in [0.25, 0.3) is 0 Å². The van der Waals surface area contributed by atoms with Gasteiger partial charge >= 0.3 is 5.97 Å². The van der Waals surface area contributed by atoms with Crippen molar-refractivity contribution in [2.75, 3.05) is 13.6 Å². The van der Waals surface area contributed by atoms with E-state index in [2.05, 4.69) is 10.1 Å². The Hall–Kier alpha value is -2.35. The summed E-state index contributed by atoms with van der Waals surface area (Å²) in [5, 5.41) is 13.5. The van der Waals surface area contributed by atoms with Crippen molar-refractivity contribution < 1.29 is 19.2 Å². The van der Waals surface area contributed by atoms with Crippen LogP contribution in [0.5, 0.6) is 0 Å². The number of amides is 1. The van der Waals surface area contributed by atoms with E-state index in [1.54, 1.807) is 32.3 Å². The molecular formula is C16H19N3O4S. The second-order valence-electron chi connectivity index (χ2n) is 5.50. The largest absolute Gasteiger partial charge is 0.481 e. The summed E-state index contributed by atoms with van der Waals surface area (Å²) in [4.78, 5) is 29.2. The van der Waals surface area contributed by atoms with Gasteiger partial charge in [-0.25, -0.2) is 4.98 Å². The van der Waals surface area contributed by atoms with Crippen LogP contribution in [0.1, 0.15) is 28.7 Å². The Morgan fingerprint density at radius 1 is 1.46 bits per heavy atom. The molecule has 0 saturated carbocycles. The zero-order valence-electron chi connectivity index (χ0n) is 13.7. The number of rotatable bonds is 7. The summed E-state index contributed by atoms with van der Waals surface area (Å²) < 4.78 is 5.02. The lowest BCUT2D eigenvalue weighted by Crippen LogP contribution is -2.34. The number of hydrogen-bond acceptors (Lipinski definition) is 6. The quantitative estimate of drug-likeness (QED) is 0.767. The molecule has 0 aromatic carbocycles. The molecule has 2 aromatic rings. The number of hydrogen-bond donors (Lipinski definition) is 1. The second-order valence-corrected chi connectivity index (χ2v) is 6.46. The highest BCUT2D eigenvalue weighted by atomic mass is 32.2. The first kappa shape index (κ1) is 18.0. The molecule has 0 aliphatic rings. The van der Waals surface area contributed by atoms with Crippen LogP contribution in [0.2, 0.25) is 0 Å². The molecule has 24 heavy (non-hydrogen) atoms. The van der Waals surface area contributed by atoms with E-state index < -0.39 is 11.9 Å². The summed E-state index contributed by atoms with van der Waals surface area (Å²) in [6, 6.07) is 5.21. The topological polar surface area (TPSA) is 96.5 Å². The third-order valence-corrected chi connectivity index (χ3v) is 4.39. The Labute approximate surface area is 144 Å². The summed E-state index contributed by atoms with van der Waals surface area (Å²) >= 11 is 1.39. The fourth-order valence-electron chi connectivity index (χ4n) is 2.07. The molecule has 1 atom stereocenters. The van der Waals surface area contributed by atoms with Gasteiger partial charge in [-0.2, -0.15) is 0 Å². The summed E-state index contributed by atoms with van der Waals surface area (Å²) in [6.07, 6.45) is 1.62.